The van der Waals surface area contributed by atoms with Gasteiger partial charge in [0.1, 0.15) is 0 Å². The van der Waals surface area contributed by atoms with Crippen molar-refractivity contribution in [3.8, 4) is 11.4 Å². The first-order valence-electron chi connectivity index (χ1n) is 6.35. The highest BCUT2D eigenvalue weighted by Crippen LogP contribution is 2.24. The van der Waals surface area contributed by atoms with E-state index in [0.29, 0.717) is 17.9 Å². The number of anilines is 1. The summed E-state index contributed by atoms with van der Waals surface area (Å²) in [4.78, 5) is 11.4. The predicted molar refractivity (Wildman–Crippen MR) is 73.8 cm³/mol. The van der Waals surface area contributed by atoms with E-state index in [0.717, 1.165) is 5.56 Å². The zero-order chi connectivity index (χ0) is 14.7. The molecule has 0 spiro atoms. The molecular weight excluding hydrogens is 258 g/mol. The van der Waals surface area contributed by atoms with Gasteiger partial charge in [-0.25, -0.2) is 9.48 Å². The van der Waals surface area contributed by atoms with E-state index in [1.807, 2.05) is 13.8 Å². The van der Waals surface area contributed by atoms with Gasteiger partial charge in [0.25, 0.3) is 0 Å². The Morgan fingerprint density at radius 2 is 2.00 bits per heavy atom. The second-order valence-corrected chi connectivity index (χ2v) is 5.05. The minimum Gasteiger partial charge on any atom is -0.480 e. The largest absolute Gasteiger partial charge is 0.480 e. The van der Waals surface area contributed by atoms with Gasteiger partial charge in [0.15, 0.2) is 11.9 Å². The Balaban J connectivity index is 2.40. The molecular formula is C13H17N5O2. The van der Waals surface area contributed by atoms with Crippen molar-refractivity contribution >= 4 is 11.7 Å². The monoisotopic (exact) mass is 275 g/mol. The zero-order valence-electron chi connectivity index (χ0n) is 11.4. The van der Waals surface area contributed by atoms with Crippen molar-refractivity contribution in [2.24, 2.45) is 5.92 Å². The summed E-state index contributed by atoms with van der Waals surface area (Å²) in [5.41, 5.74) is 7.00. The molecule has 0 fully saturated rings. The quantitative estimate of drug-likeness (QED) is 0.802. The molecule has 0 aliphatic heterocycles. The van der Waals surface area contributed by atoms with Crippen LogP contribution in [0.25, 0.3) is 11.4 Å². The second-order valence-electron chi connectivity index (χ2n) is 5.05. The molecule has 0 bridgehead atoms. The molecule has 2 rings (SSSR count). The number of aromatic nitrogens is 4. The molecule has 0 aliphatic rings. The van der Waals surface area contributed by atoms with Gasteiger partial charge >= 0.3 is 5.97 Å². The zero-order valence-corrected chi connectivity index (χ0v) is 11.4. The van der Waals surface area contributed by atoms with Crippen molar-refractivity contribution in [2.45, 2.75) is 26.3 Å². The van der Waals surface area contributed by atoms with E-state index in [1.54, 1.807) is 24.3 Å². The number of rotatable bonds is 5. The van der Waals surface area contributed by atoms with Crippen molar-refractivity contribution in [1.29, 1.82) is 0 Å². The van der Waals surface area contributed by atoms with Gasteiger partial charge < -0.3 is 10.8 Å². The number of carbonyl (C=O) groups is 1. The highest BCUT2D eigenvalue weighted by Gasteiger charge is 2.25. The van der Waals surface area contributed by atoms with Gasteiger partial charge in [-0.3, -0.25) is 0 Å². The Labute approximate surface area is 116 Å². The van der Waals surface area contributed by atoms with Gasteiger partial charge in [-0.15, -0.1) is 5.10 Å². The highest BCUT2D eigenvalue weighted by molar-refractivity contribution is 5.73. The van der Waals surface area contributed by atoms with E-state index in [9.17, 15) is 9.90 Å². The first-order valence-corrected chi connectivity index (χ1v) is 6.35. The lowest BCUT2D eigenvalue weighted by atomic mass is 10.0. The van der Waals surface area contributed by atoms with E-state index in [4.69, 9.17) is 5.73 Å². The lowest BCUT2D eigenvalue weighted by Gasteiger charge is -2.16. The van der Waals surface area contributed by atoms with Crippen molar-refractivity contribution in [2.75, 3.05) is 5.73 Å². The number of benzene rings is 1. The van der Waals surface area contributed by atoms with Crippen molar-refractivity contribution in [3.05, 3.63) is 24.3 Å². The molecule has 0 saturated heterocycles. The molecule has 7 heteroatoms. The third kappa shape index (κ3) is 2.93. The molecule has 2 aromatic rings. The van der Waals surface area contributed by atoms with Crippen LogP contribution in [0.5, 0.6) is 0 Å². The van der Waals surface area contributed by atoms with E-state index < -0.39 is 12.0 Å². The highest BCUT2D eigenvalue weighted by atomic mass is 16.4. The van der Waals surface area contributed by atoms with E-state index in [-0.39, 0.29) is 5.92 Å². The Hall–Kier alpha value is -2.44. The minimum atomic E-state index is -0.942. The first-order chi connectivity index (χ1) is 9.49. The molecule has 0 aliphatic carbocycles. The van der Waals surface area contributed by atoms with Gasteiger partial charge in [0, 0.05) is 11.3 Å². The third-order valence-corrected chi connectivity index (χ3v) is 2.94. The number of tetrazole rings is 1. The van der Waals surface area contributed by atoms with Crippen LogP contribution in [-0.2, 0) is 4.79 Å². The number of carboxylic acid groups (broad SMARTS) is 1. The van der Waals surface area contributed by atoms with Gasteiger partial charge in [-0.1, -0.05) is 13.8 Å². The van der Waals surface area contributed by atoms with Crippen LogP contribution in [0.2, 0.25) is 0 Å². The van der Waals surface area contributed by atoms with Gasteiger partial charge in [0.05, 0.1) is 0 Å². The number of nitrogens with two attached hydrogens (primary N) is 1. The number of aliphatic carboxylic acids is 1. The summed E-state index contributed by atoms with van der Waals surface area (Å²) in [6.45, 7) is 3.92. The Morgan fingerprint density at radius 3 is 2.55 bits per heavy atom. The molecule has 0 saturated carbocycles. The van der Waals surface area contributed by atoms with Crippen LogP contribution in [0.4, 0.5) is 5.69 Å². The number of nitrogen functional groups attached to an aromatic ring is 1. The van der Waals surface area contributed by atoms with Crippen molar-refractivity contribution < 1.29 is 9.90 Å². The van der Waals surface area contributed by atoms with E-state index in [1.165, 1.54) is 4.68 Å². The van der Waals surface area contributed by atoms with Crippen LogP contribution >= 0.6 is 0 Å². The smallest absolute Gasteiger partial charge is 0.328 e. The van der Waals surface area contributed by atoms with E-state index in [2.05, 4.69) is 15.5 Å². The molecule has 1 heterocycles. The summed E-state index contributed by atoms with van der Waals surface area (Å²) in [5.74, 6) is -0.291. The molecule has 106 valence electrons. The Bertz CT molecular complexity index is 591. The van der Waals surface area contributed by atoms with Crippen LogP contribution in [0.15, 0.2) is 24.3 Å². The van der Waals surface area contributed by atoms with Crippen LogP contribution in [0.3, 0.4) is 0 Å². The molecule has 3 N–H and O–H groups in total. The SMILES string of the molecule is CC(C)CC(C(=O)O)n1nnnc1-c1ccc(N)cc1. The maximum absolute atomic E-state index is 11.4. The first kappa shape index (κ1) is 14.0. The molecule has 0 radical (unpaired) electrons. The molecule has 1 aromatic carbocycles. The average Bonchev–Trinajstić information content (AvgIpc) is 2.85. The Kier molecular flexibility index (Phi) is 3.97. The summed E-state index contributed by atoms with van der Waals surface area (Å²) in [7, 11) is 0. The lowest BCUT2D eigenvalue weighted by molar-refractivity contribution is -0.141. The Morgan fingerprint density at radius 1 is 1.35 bits per heavy atom. The predicted octanol–water partition coefficient (Wildman–Crippen LogP) is 1.59. The fourth-order valence-electron chi connectivity index (χ4n) is 1.98. The van der Waals surface area contributed by atoms with Gasteiger partial charge in [-0.2, -0.15) is 0 Å². The number of hydrogen-bond acceptors (Lipinski definition) is 5. The second kappa shape index (κ2) is 5.68. The summed E-state index contributed by atoms with van der Waals surface area (Å²) >= 11 is 0. The van der Waals surface area contributed by atoms with Gasteiger partial charge in [0.2, 0.25) is 0 Å². The standard InChI is InChI=1S/C13H17N5O2/c1-8(2)7-11(13(19)20)18-12(15-16-17-18)9-3-5-10(14)6-4-9/h3-6,8,11H,7,14H2,1-2H3,(H,19,20). The summed E-state index contributed by atoms with van der Waals surface area (Å²) in [6, 6.07) is 6.22. The molecule has 1 aromatic heterocycles. The number of carboxylic acids is 1. The fourth-order valence-corrected chi connectivity index (χ4v) is 1.98. The normalized spacial score (nSPS) is 12.6. The third-order valence-electron chi connectivity index (χ3n) is 2.94. The topological polar surface area (TPSA) is 107 Å². The van der Waals surface area contributed by atoms with Crippen molar-refractivity contribution in [3.63, 3.8) is 0 Å². The molecule has 20 heavy (non-hydrogen) atoms. The lowest BCUT2D eigenvalue weighted by Crippen LogP contribution is -2.23. The number of nitrogens with zero attached hydrogens (tertiary/aromatic N) is 4. The summed E-state index contributed by atoms with van der Waals surface area (Å²) in [5, 5.41) is 20.7. The summed E-state index contributed by atoms with van der Waals surface area (Å²) in [6.07, 6.45) is 0.461. The van der Waals surface area contributed by atoms with Crippen LogP contribution < -0.4 is 5.73 Å². The molecule has 7 nitrogen and oxygen atoms in total. The molecule has 0 amide bonds. The van der Waals surface area contributed by atoms with Crippen LogP contribution in [-0.4, -0.2) is 31.3 Å². The maximum atomic E-state index is 11.4. The number of hydrogen-bond donors (Lipinski definition) is 2. The van der Waals surface area contributed by atoms with E-state index >= 15 is 0 Å². The van der Waals surface area contributed by atoms with Crippen LogP contribution in [0.1, 0.15) is 26.3 Å². The summed E-state index contributed by atoms with van der Waals surface area (Å²) < 4.78 is 1.36. The molecule has 1 atom stereocenters. The van der Waals surface area contributed by atoms with Crippen molar-refractivity contribution in [1.82, 2.24) is 20.2 Å². The van der Waals surface area contributed by atoms with Crippen LogP contribution in [0, 0.1) is 5.92 Å². The average molecular weight is 275 g/mol. The molecule has 1 unspecified atom stereocenters. The fraction of sp³-hybridized carbons (Fsp3) is 0.385. The minimum absolute atomic E-state index is 0.222. The van der Waals surface area contributed by atoms with Gasteiger partial charge in [-0.05, 0) is 47.0 Å². The maximum Gasteiger partial charge on any atom is 0.328 e.